The molecule has 1 atom stereocenters. The van der Waals surface area contributed by atoms with Gasteiger partial charge in [0.25, 0.3) is 5.89 Å². The van der Waals surface area contributed by atoms with Crippen LogP contribution in [0.15, 0.2) is 40.9 Å². The third-order valence-corrected chi connectivity index (χ3v) is 6.60. The Morgan fingerprint density at radius 1 is 1.29 bits per heavy atom. The van der Waals surface area contributed by atoms with Crippen molar-refractivity contribution in [2.75, 3.05) is 13.2 Å². The molecule has 3 aromatic rings. The number of β-amino-alcohol motifs (C(OH)–C–C–N with tert-alkyl or cyclic N) is 1. The predicted octanol–water partition coefficient (Wildman–Crippen LogP) is 3.00. The first-order valence-corrected chi connectivity index (χ1v) is 11.5. The summed E-state index contributed by atoms with van der Waals surface area (Å²) in [6, 6.07) is 12.8. The smallest absolute Gasteiger partial charge is 0.258 e. The van der Waals surface area contributed by atoms with Crippen LogP contribution in [-0.4, -0.2) is 51.2 Å². The average molecular weight is 473 g/mol. The van der Waals surface area contributed by atoms with E-state index in [1.807, 2.05) is 32.0 Å². The van der Waals surface area contributed by atoms with E-state index >= 15 is 0 Å². The number of amides is 2. The van der Waals surface area contributed by atoms with Crippen LogP contribution in [0.1, 0.15) is 43.4 Å². The lowest BCUT2D eigenvalue weighted by molar-refractivity contribution is -0.140. The van der Waals surface area contributed by atoms with Gasteiger partial charge in [-0.15, -0.1) is 0 Å². The number of imide groups is 1. The Balaban J connectivity index is 1.49. The van der Waals surface area contributed by atoms with E-state index in [-0.39, 0.29) is 43.4 Å². The highest BCUT2D eigenvalue weighted by molar-refractivity contribution is 6.09. The Morgan fingerprint density at radius 3 is 2.86 bits per heavy atom. The molecule has 1 spiro atoms. The Hall–Kier alpha value is -4.03. The van der Waals surface area contributed by atoms with Gasteiger partial charge in [0, 0.05) is 17.5 Å². The summed E-state index contributed by atoms with van der Waals surface area (Å²) in [5, 5.41) is 23.0. The van der Waals surface area contributed by atoms with E-state index in [1.54, 1.807) is 18.2 Å². The van der Waals surface area contributed by atoms with Crippen LogP contribution in [0.4, 0.5) is 0 Å². The molecule has 0 saturated carbocycles. The second-order valence-electron chi connectivity index (χ2n) is 9.08. The van der Waals surface area contributed by atoms with Crippen molar-refractivity contribution in [3.8, 4) is 34.7 Å². The van der Waals surface area contributed by atoms with E-state index in [0.717, 1.165) is 21.6 Å². The SMILES string of the molecule is CC(C)Oc1ccc(-c2nc(-c3cccc4c3CC[C@]43CC(=O)N(CCO)C3=O)no2)cc1C#N. The maximum atomic E-state index is 13.2. The monoisotopic (exact) mass is 472 g/mol. The van der Waals surface area contributed by atoms with Crippen molar-refractivity contribution in [2.24, 2.45) is 0 Å². The maximum Gasteiger partial charge on any atom is 0.258 e. The molecule has 2 amide bonds. The minimum atomic E-state index is -0.905. The number of hydrogen-bond donors (Lipinski definition) is 1. The van der Waals surface area contributed by atoms with Gasteiger partial charge in [0.05, 0.1) is 30.2 Å². The first-order valence-electron chi connectivity index (χ1n) is 11.5. The minimum Gasteiger partial charge on any atom is -0.490 e. The molecular formula is C26H24N4O5. The molecule has 1 aliphatic heterocycles. The summed E-state index contributed by atoms with van der Waals surface area (Å²) >= 11 is 0. The molecule has 0 unspecified atom stereocenters. The zero-order valence-corrected chi connectivity index (χ0v) is 19.4. The highest BCUT2D eigenvalue weighted by Gasteiger charge is 2.55. The number of rotatable bonds is 6. The quantitative estimate of drug-likeness (QED) is 0.542. The van der Waals surface area contributed by atoms with E-state index < -0.39 is 5.41 Å². The zero-order valence-electron chi connectivity index (χ0n) is 19.4. The topological polar surface area (TPSA) is 130 Å². The first kappa shape index (κ1) is 22.7. The molecule has 178 valence electrons. The summed E-state index contributed by atoms with van der Waals surface area (Å²) in [6.07, 6.45) is 1.14. The third kappa shape index (κ3) is 3.67. The van der Waals surface area contributed by atoms with Crippen LogP contribution in [0.3, 0.4) is 0 Å². The van der Waals surface area contributed by atoms with Crippen LogP contribution in [0.2, 0.25) is 0 Å². The molecule has 9 nitrogen and oxygen atoms in total. The summed E-state index contributed by atoms with van der Waals surface area (Å²) in [5.74, 6) is 0.609. The Morgan fingerprint density at radius 2 is 2.11 bits per heavy atom. The van der Waals surface area contributed by atoms with Crippen LogP contribution in [0.25, 0.3) is 22.8 Å². The number of hydrogen-bond acceptors (Lipinski definition) is 8. The predicted molar refractivity (Wildman–Crippen MR) is 124 cm³/mol. The Labute approximate surface area is 201 Å². The van der Waals surface area contributed by atoms with Gasteiger partial charge in [0.1, 0.15) is 11.8 Å². The van der Waals surface area contributed by atoms with Gasteiger partial charge < -0.3 is 14.4 Å². The number of aliphatic hydroxyl groups is 1. The Kier molecular flexibility index (Phi) is 5.61. The van der Waals surface area contributed by atoms with Crippen LogP contribution >= 0.6 is 0 Å². The fraction of sp³-hybridized carbons (Fsp3) is 0.346. The van der Waals surface area contributed by atoms with Crippen molar-refractivity contribution in [1.82, 2.24) is 15.0 Å². The largest absolute Gasteiger partial charge is 0.490 e. The molecule has 1 fully saturated rings. The van der Waals surface area contributed by atoms with Crippen molar-refractivity contribution >= 4 is 11.8 Å². The van der Waals surface area contributed by atoms with Crippen molar-refractivity contribution in [3.05, 3.63) is 53.1 Å². The van der Waals surface area contributed by atoms with E-state index in [4.69, 9.17) is 9.26 Å². The number of likely N-dealkylation sites (tertiary alicyclic amines) is 1. The van der Waals surface area contributed by atoms with Gasteiger partial charge in [-0.25, -0.2) is 0 Å². The van der Waals surface area contributed by atoms with Crippen LogP contribution in [0.5, 0.6) is 5.75 Å². The minimum absolute atomic E-state index is 0.00826. The number of benzene rings is 2. The highest BCUT2D eigenvalue weighted by Crippen LogP contribution is 2.49. The summed E-state index contributed by atoms with van der Waals surface area (Å²) in [6.45, 7) is 3.53. The molecule has 2 aromatic carbocycles. The maximum absolute atomic E-state index is 13.2. The molecule has 0 radical (unpaired) electrons. The number of carbonyl (C=O) groups is 2. The summed E-state index contributed by atoms with van der Waals surface area (Å²) < 4.78 is 11.2. The molecule has 0 bridgehead atoms. The second kappa shape index (κ2) is 8.64. The summed E-state index contributed by atoms with van der Waals surface area (Å²) in [4.78, 5) is 31.4. The molecule has 35 heavy (non-hydrogen) atoms. The number of aromatic nitrogens is 2. The number of aliphatic hydroxyl groups excluding tert-OH is 1. The van der Waals surface area contributed by atoms with Crippen molar-refractivity contribution < 1.29 is 24.0 Å². The fourth-order valence-electron chi connectivity index (χ4n) is 5.08. The van der Waals surface area contributed by atoms with E-state index in [9.17, 15) is 20.0 Å². The Bertz CT molecular complexity index is 1370. The van der Waals surface area contributed by atoms with Crippen LogP contribution in [0, 0.1) is 11.3 Å². The third-order valence-electron chi connectivity index (χ3n) is 6.60. The van der Waals surface area contributed by atoms with Crippen LogP contribution < -0.4 is 4.74 Å². The van der Waals surface area contributed by atoms with Gasteiger partial charge in [-0.2, -0.15) is 10.2 Å². The molecular weight excluding hydrogens is 448 g/mol. The summed E-state index contributed by atoms with van der Waals surface area (Å²) in [5.41, 5.74) is 2.54. The molecule has 1 aromatic heterocycles. The second-order valence-corrected chi connectivity index (χ2v) is 9.08. The molecule has 2 aliphatic rings. The molecule has 5 rings (SSSR count). The van der Waals surface area contributed by atoms with Crippen LogP contribution in [-0.2, 0) is 21.4 Å². The van der Waals surface area contributed by atoms with Gasteiger partial charge in [-0.05, 0) is 56.0 Å². The molecule has 1 N–H and O–H groups in total. The van der Waals surface area contributed by atoms with E-state index in [0.29, 0.717) is 35.5 Å². The zero-order chi connectivity index (χ0) is 24.7. The normalized spacial score (nSPS) is 19.0. The number of nitrogens with zero attached hydrogens (tertiary/aromatic N) is 4. The van der Waals surface area contributed by atoms with Crippen molar-refractivity contribution in [2.45, 2.75) is 44.6 Å². The van der Waals surface area contributed by atoms with Gasteiger partial charge >= 0.3 is 0 Å². The average Bonchev–Trinajstić information content (AvgIpc) is 3.53. The standard InChI is InChI=1S/C26H24N4O5/c1-15(2)34-21-7-6-16(12-17(21)14-27)24-28-23(29-35-24)19-4-3-5-20-18(19)8-9-26(20)13-22(32)30(10-11-31)25(26)33/h3-7,12,15,31H,8-11,13H2,1-2H3/t26-/m0/s1. The lowest BCUT2D eigenvalue weighted by atomic mass is 9.80. The molecule has 1 aliphatic carbocycles. The molecule has 1 saturated heterocycles. The highest BCUT2D eigenvalue weighted by atomic mass is 16.5. The summed E-state index contributed by atoms with van der Waals surface area (Å²) in [7, 11) is 0. The number of ether oxygens (including phenoxy) is 1. The molecule has 9 heteroatoms. The first-order chi connectivity index (χ1) is 16.9. The van der Waals surface area contributed by atoms with E-state index in [1.165, 1.54) is 0 Å². The van der Waals surface area contributed by atoms with Gasteiger partial charge in [-0.1, -0.05) is 23.4 Å². The number of carbonyl (C=O) groups excluding carboxylic acids is 2. The number of fused-ring (bicyclic) bond motifs is 2. The van der Waals surface area contributed by atoms with Crippen molar-refractivity contribution in [3.63, 3.8) is 0 Å². The van der Waals surface area contributed by atoms with Gasteiger partial charge in [0.2, 0.25) is 17.6 Å². The number of nitriles is 1. The van der Waals surface area contributed by atoms with E-state index in [2.05, 4.69) is 16.2 Å². The molecule has 2 heterocycles. The van der Waals surface area contributed by atoms with Crippen molar-refractivity contribution in [1.29, 1.82) is 5.26 Å². The van der Waals surface area contributed by atoms with Gasteiger partial charge in [0.15, 0.2) is 0 Å². The van der Waals surface area contributed by atoms with Gasteiger partial charge in [-0.3, -0.25) is 14.5 Å². The lowest BCUT2D eigenvalue weighted by Crippen LogP contribution is -2.38. The lowest BCUT2D eigenvalue weighted by Gasteiger charge is -2.22. The fourth-order valence-corrected chi connectivity index (χ4v) is 5.08.